The van der Waals surface area contributed by atoms with Crippen LogP contribution in [-0.4, -0.2) is 34.4 Å². The number of aryl methyl sites for hydroxylation is 2. The van der Waals surface area contributed by atoms with Gasteiger partial charge in [-0.05, 0) is 68.3 Å². The SMILES string of the molecule is CCOC(=O)c1sc(N2C(=O)C(=O)/C(=C(/O)c3ccc(OCc4cccc(C)c4)cc3)C2c2ccc(Cl)cc2)nc1C. The molecule has 3 aromatic carbocycles. The minimum absolute atomic E-state index is 0.110. The first-order valence-electron chi connectivity index (χ1n) is 13.2. The van der Waals surface area contributed by atoms with Crippen LogP contribution in [0.2, 0.25) is 5.02 Å². The molecule has 2 heterocycles. The number of amides is 1. The van der Waals surface area contributed by atoms with Gasteiger partial charge in [0.1, 0.15) is 23.0 Å². The number of benzene rings is 3. The molecule has 1 aliphatic rings. The molecule has 214 valence electrons. The lowest BCUT2D eigenvalue weighted by Gasteiger charge is -2.23. The van der Waals surface area contributed by atoms with Crippen LogP contribution in [0.4, 0.5) is 5.13 Å². The number of hydrogen-bond donors (Lipinski definition) is 1. The summed E-state index contributed by atoms with van der Waals surface area (Å²) in [6, 6.07) is 20.2. The van der Waals surface area contributed by atoms with Crippen molar-refractivity contribution in [2.75, 3.05) is 11.5 Å². The number of ketones is 1. The van der Waals surface area contributed by atoms with Crippen LogP contribution in [0.1, 0.15) is 50.6 Å². The first-order valence-corrected chi connectivity index (χ1v) is 14.4. The maximum Gasteiger partial charge on any atom is 0.350 e. The Kier molecular flexibility index (Phi) is 8.42. The van der Waals surface area contributed by atoms with Crippen molar-refractivity contribution in [3.8, 4) is 5.75 Å². The van der Waals surface area contributed by atoms with Crippen LogP contribution in [0, 0.1) is 13.8 Å². The molecule has 1 aromatic heterocycles. The molecular weight excluding hydrogens is 576 g/mol. The zero-order valence-corrected chi connectivity index (χ0v) is 24.7. The topological polar surface area (TPSA) is 106 Å². The summed E-state index contributed by atoms with van der Waals surface area (Å²) in [7, 11) is 0. The van der Waals surface area contributed by atoms with Crippen LogP contribution in [0.5, 0.6) is 5.75 Å². The molecule has 1 amide bonds. The number of halogens is 1. The highest BCUT2D eigenvalue weighted by molar-refractivity contribution is 7.17. The third kappa shape index (κ3) is 5.79. The largest absolute Gasteiger partial charge is 0.507 e. The van der Waals surface area contributed by atoms with E-state index in [0.29, 0.717) is 34.2 Å². The van der Waals surface area contributed by atoms with E-state index in [1.165, 1.54) is 4.90 Å². The Morgan fingerprint density at radius 3 is 2.43 bits per heavy atom. The molecule has 1 atom stereocenters. The van der Waals surface area contributed by atoms with E-state index < -0.39 is 23.7 Å². The van der Waals surface area contributed by atoms with Gasteiger partial charge in [-0.3, -0.25) is 14.5 Å². The van der Waals surface area contributed by atoms with Gasteiger partial charge in [-0.1, -0.05) is 64.9 Å². The third-order valence-electron chi connectivity index (χ3n) is 6.70. The van der Waals surface area contributed by atoms with Crippen molar-refractivity contribution in [1.82, 2.24) is 4.98 Å². The molecule has 1 unspecified atom stereocenters. The predicted octanol–water partition coefficient (Wildman–Crippen LogP) is 6.80. The van der Waals surface area contributed by atoms with Gasteiger partial charge < -0.3 is 14.6 Å². The molecule has 0 spiro atoms. The lowest BCUT2D eigenvalue weighted by molar-refractivity contribution is -0.132. The van der Waals surface area contributed by atoms with Crippen LogP contribution in [0.15, 0.2) is 78.4 Å². The monoisotopic (exact) mass is 602 g/mol. The number of ether oxygens (including phenoxy) is 2. The molecule has 10 heteroatoms. The molecule has 0 radical (unpaired) electrons. The fourth-order valence-corrected chi connectivity index (χ4v) is 5.81. The standard InChI is InChI=1S/C32H27ClN2O6S/c1-4-40-31(39)29-19(3)34-32(42-29)35-26(21-8-12-23(33)13-9-21)25(28(37)30(35)38)27(36)22-10-14-24(15-11-22)41-17-20-7-5-6-18(2)16-20/h5-16,26,36H,4,17H2,1-3H3/b27-25+. The van der Waals surface area contributed by atoms with Crippen LogP contribution >= 0.6 is 22.9 Å². The Balaban J connectivity index is 1.52. The summed E-state index contributed by atoms with van der Waals surface area (Å²) in [6.07, 6.45) is 0. The van der Waals surface area contributed by atoms with Gasteiger partial charge >= 0.3 is 11.9 Å². The number of nitrogens with zero attached hydrogens (tertiary/aromatic N) is 2. The van der Waals surface area contributed by atoms with Gasteiger partial charge in [-0.15, -0.1) is 0 Å². The number of carbonyl (C=O) groups is 3. The van der Waals surface area contributed by atoms with Gasteiger partial charge in [0.25, 0.3) is 5.78 Å². The van der Waals surface area contributed by atoms with Gasteiger partial charge in [0.2, 0.25) is 0 Å². The first kappa shape index (κ1) is 29.0. The molecule has 5 rings (SSSR count). The van der Waals surface area contributed by atoms with E-state index in [2.05, 4.69) is 4.98 Å². The number of thiazole rings is 1. The fraction of sp³-hybridized carbons (Fsp3) is 0.188. The van der Waals surface area contributed by atoms with Gasteiger partial charge in [-0.2, -0.15) is 0 Å². The molecule has 0 aliphatic carbocycles. The highest BCUT2D eigenvalue weighted by atomic mass is 35.5. The molecule has 8 nitrogen and oxygen atoms in total. The highest BCUT2D eigenvalue weighted by Gasteiger charge is 2.48. The van der Waals surface area contributed by atoms with E-state index in [1.807, 2.05) is 31.2 Å². The number of anilines is 1. The normalized spacial score (nSPS) is 16.1. The summed E-state index contributed by atoms with van der Waals surface area (Å²) in [5.74, 6) is -2.09. The van der Waals surface area contributed by atoms with Crippen molar-refractivity contribution in [3.63, 3.8) is 0 Å². The number of carbonyl (C=O) groups excluding carboxylic acids is 3. The molecule has 42 heavy (non-hydrogen) atoms. The average molecular weight is 603 g/mol. The summed E-state index contributed by atoms with van der Waals surface area (Å²) in [6.45, 7) is 5.88. The van der Waals surface area contributed by atoms with E-state index >= 15 is 0 Å². The summed E-state index contributed by atoms with van der Waals surface area (Å²) in [4.78, 5) is 45.2. The number of hydrogen-bond acceptors (Lipinski definition) is 8. The van der Waals surface area contributed by atoms with Crippen LogP contribution in [-0.2, 0) is 20.9 Å². The van der Waals surface area contributed by atoms with E-state index in [9.17, 15) is 19.5 Å². The van der Waals surface area contributed by atoms with Crippen molar-refractivity contribution < 1.29 is 29.0 Å². The quantitative estimate of drug-likeness (QED) is 0.102. The molecule has 0 bridgehead atoms. The Bertz CT molecular complexity index is 1690. The molecule has 1 saturated heterocycles. The highest BCUT2D eigenvalue weighted by Crippen LogP contribution is 2.44. The first-order chi connectivity index (χ1) is 20.2. The van der Waals surface area contributed by atoms with Crippen LogP contribution in [0.25, 0.3) is 5.76 Å². The summed E-state index contributed by atoms with van der Waals surface area (Å²) in [5.41, 5.74) is 3.27. The Morgan fingerprint density at radius 2 is 1.76 bits per heavy atom. The number of esters is 1. The minimum atomic E-state index is -1.01. The zero-order valence-electron chi connectivity index (χ0n) is 23.1. The second kappa shape index (κ2) is 12.2. The summed E-state index contributed by atoms with van der Waals surface area (Å²) >= 11 is 7.07. The van der Waals surface area contributed by atoms with Crippen molar-refractivity contribution in [2.45, 2.75) is 33.4 Å². The average Bonchev–Trinajstić information content (AvgIpc) is 3.48. The van der Waals surface area contributed by atoms with Crippen molar-refractivity contribution in [3.05, 3.63) is 116 Å². The zero-order chi connectivity index (χ0) is 30.0. The summed E-state index contributed by atoms with van der Waals surface area (Å²) < 4.78 is 11.0. The molecule has 1 N–H and O–H groups in total. The molecule has 1 fully saturated rings. The number of Topliss-reactive ketones (excluding diaryl/α,β-unsaturated/α-hetero) is 1. The minimum Gasteiger partial charge on any atom is -0.507 e. The maximum absolute atomic E-state index is 13.5. The van der Waals surface area contributed by atoms with Crippen molar-refractivity contribution in [2.24, 2.45) is 0 Å². The Labute approximate surface area is 251 Å². The van der Waals surface area contributed by atoms with Crippen molar-refractivity contribution in [1.29, 1.82) is 0 Å². The van der Waals surface area contributed by atoms with E-state index in [1.54, 1.807) is 62.4 Å². The van der Waals surface area contributed by atoms with Gasteiger partial charge in [0.15, 0.2) is 5.13 Å². The lowest BCUT2D eigenvalue weighted by Crippen LogP contribution is -2.29. The van der Waals surface area contributed by atoms with Gasteiger partial charge in [-0.25, -0.2) is 9.78 Å². The Morgan fingerprint density at radius 1 is 1.05 bits per heavy atom. The summed E-state index contributed by atoms with van der Waals surface area (Å²) in [5, 5.41) is 12.0. The number of aromatic nitrogens is 1. The second-order valence-corrected chi connectivity index (χ2v) is 11.1. The van der Waals surface area contributed by atoms with Crippen LogP contribution < -0.4 is 9.64 Å². The van der Waals surface area contributed by atoms with E-state index in [0.717, 1.165) is 22.5 Å². The van der Waals surface area contributed by atoms with E-state index in [4.69, 9.17) is 21.1 Å². The molecule has 1 aliphatic heterocycles. The maximum atomic E-state index is 13.5. The lowest BCUT2D eigenvalue weighted by atomic mass is 9.95. The fourth-order valence-electron chi connectivity index (χ4n) is 4.69. The smallest absolute Gasteiger partial charge is 0.350 e. The van der Waals surface area contributed by atoms with Crippen molar-refractivity contribution >= 4 is 51.5 Å². The third-order valence-corrected chi connectivity index (χ3v) is 8.09. The van der Waals surface area contributed by atoms with Gasteiger partial charge in [0.05, 0.1) is 23.9 Å². The number of rotatable bonds is 8. The predicted molar refractivity (Wildman–Crippen MR) is 161 cm³/mol. The number of aliphatic hydroxyl groups is 1. The molecule has 4 aromatic rings. The second-order valence-electron chi connectivity index (χ2n) is 9.65. The van der Waals surface area contributed by atoms with Crippen LogP contribution in [0.3, 0.4) is 0 Å². The van der Waals surface area contributed by atoms with E-state index in [-0.39, 0.29) is 27.9 Å². The van der Waals surface area contributed by atoms with Gasteiger partial charge in [0, 0.05) is 10.6 Å². The molecule has 0 saturated carbocycles. The Hall–Kier alpha value is -4.47. The molecular formula is C32H27ClN2O6S. The number of aliphatic hydroxyl groups excluding tert-OH is 1.